The summed E-state index contributed by atoms with van der Waals surface area (Å²) >= 11 is 0. The minimum absolute atomic E-state index is 0. The van der Waals surface area contributed by atoms with E-state index in [0.717, 1.165) is 48.3 Å². The van der Waals surface area contributed by atoms with Crippen molar-refractivity contribution in [3.63, 3.8) is 0 Å². The number of nitrogens with zero attached hydrogens (tertiary/aromatic N) is 2. The number of pyridine rings is 1. The molecule has 0 amide bonds. The summed E-state index contributed by atoms with van der Waals surface area (Å²) in [6.07, 6.45) is 2.15. The Hall–Kier alpha value is -3.21. The van der Waals surface area contributed by atoms with Crippen LogP contribution in [0.5, 0.6) is 0 Å². The van der Waals surface area contributed by atoms with Crippen LogP contribution in [0.1, 0.15) is 40.2 Å². The summed E-state index contributed by atoms with van der Waals surface area (Å²) in [5.74, 6) is -0.329. The van der Waals surface area contributed by atoms with Gasteiger partial charge in [-0.15, -0.1) is 12.4 Å². The number of aromatic carboxylic acids is 1. The molecule has 1 saturated heterocycles. The maximum absolute atomic E-state index is 12.5. The number of halogens is 1. The van der Waals surface area contributed by atoms with Crippen molar-refractivity contribution in [3.8, 4) is 11.3 Å². The van der Waals surface area contributed by atoms with E-state index in [4.69, 9.17) is 4.98 Å². The van der Waals surface area contributed by atoms with Crippen LogP contribution < -0.4 is 0 Å². The zero-order valence-corrected chi connectivity index (χ0v) is 19.2. The van der Waals surface area contributed by atoms with Crippen molar-refractivity contribution in [3.05, 3.63) is 102 Å². The highest BCUT2D eigenvalue weighted by Gasteiger charge is 2.26. The number of fused-ring (bicyclic) bond motifs is 1. The normalized spacial score (nSPS) is 14.7. The van der Waals surface area contributed by atoms with Gasteiger partial charge in [0.25, 0.3) is 0 Å². The monoisotopic (exact) mass is 458 g/mol. The predicted octanol–water partition coefficient (Wildman–Crippen LogP) is 6.40. The molecule has 4 nitrogen and oxygen atoms in total. The van der Waals surface area contributed by atoms with Crippen molar-refractivity contribution in [2.45, 2.75) is 25.3 Å². The lowest BCUT2D eigenvalue weighted by Gasteiger charge is -2.33. The SMILES string of the molecule is Cl.O=C(O)c1c(CN2CCC(c3ccccc3)CC2)c(-c2ccccc2)nc2ccccc12. The van der Waals surface area contributed by atoms with Crippen LogP contribution in [0.25, 0.3) is 22.2 Å². The van der Waals surface area contributed by atoms with E-state index >= 15 is 0 Å². The van der Waals surface area contributed by atoms with Gasteiger partial charge in [0.1, 0.15) is 0 Å². The van der Waals surface area contributed by atoms with Crippen LogP contribution in [0.15, 0.2) is 84.9 Å². The second-order valence-corrected chi connectivity index (χ2v) is 8.46. The molecule has 0 atom stereocenters. The number of likely N-dealkylation sites (tertiary alicyclic amines) is 1. The molecular weight excluding hydrogens is 432 g/mol. The second-order valence-electron chi connectivity index (χ2n) is 8.46. The van der Waals surface area contributed by atoms with E-state index in [1.807, 2.05) is 54.6 Å². The van der Waals surface area contributed by atoms with Crippen LogP contribution in [-0.4, -0.2) is 34.0 Å². The minimum atomic E-state index is -0.894. The van der Waals surface area contributed by atoms with Gasteiger partial charge in [0, 0.05) is 23.1 Å². The number of hydrogen-bond donors (Lipinski definition) is 1. The fraction of sp³-hybridized carbons (Fsp3) is 0.214. The molecule has 2 heterocycles. The summed E-state index contributed by atoms with van der Waals surface area (Å²) < 4.78 is 0. The first-order valence-electron chi connectivity index (χ1n) is 11.2. The number of carboxylic acids is 1. The van der Waals surface area contributed by atoms with Gasteiger partial charge in [-0.1, -0.05) is 78.9 Å². The van der Waals surface area contributed by atoms with Crippen LogP contribution in [0.3, 0.4) is 0 Å². The van der Waals surface area contributed by atoms with Crippen LogP contribution in [0, 0.1) is 0 Å². The average molecular weight is 459 g/mol. The number of hydrogen-bond acceptors (Lipinski definition) is 3. The molecule has 0 saturated carbocycles. The molecule has 0 bridgehead atoms. The molecule has 1 aromatic heterocycles. The zero-order valence-electron chi connectivity index (χ0n) is 18.4. The molecule has 1 fully saturated rings. The standard InChI is InChI=1S/C28H26N2O2.ClH/c31-28(32)26-23-13-7-8-14-25(23)29-27(22-11-5-2-6-12-22)24(26)19-30-17-15-21(16-18-30)20-9-3-1-4-10-20;/h1-14,21H,15-19H2,(H,31,32);1H. The van der Waals surface area contributed by atoms with E-state index in [9.17, 15) is 9.90 Å². The van der Waals surface area contributed by atoms with Crippen LogP contribution in [-0.2, 0) is 6.54 Å². The number of piperidine rings is 1. The van der Waals surface area contributed by atoms with Crippen molar-refractivity contribution in [1.29, 1.82) is 0 Å². The van der Waals surface area contributed by atoms with Crippen molar-refractivity contribution in [2.24, 2.45) is 0 Å². The Morgan fingerprint density at radius 1 is 0.879 bits per heavy atom. The number of para-hydroxylation sites is 1. The summed E-state index contributed by atoms with van der Waals surface area (Å²) in [4.78, 5) is 19.8. The molecule has 0 radical (unpaired) electrons. The molecular formula is C28H27ClN2O2. The van der Waals surface area contributed by atoms with Gasteiger partial charge in [-0.25, -0.2) is 9.78 Å². The number of benzene rings is 3. The Labute approximate surface area is 200 Å². The van der Waals surface area contributed by atoms with Crippen molar-refractivity contribution >= 4 is 29.3 Å². The molecule has 0 spiro atoms. The highest BCUT2D eigenvalue weighted by molar-refractivity contribution is 6.05. The molecule has 0 aliphatic carbocycles. The first-order valence-corrected chi connectivity index (χ1v) is 11.2. The summed E-state index contributed by atoms with van der Waals surface area (Å²) in [7, 11) is 0. The molecule has 168 valence electrons. The molecule has 1 N–H and O–H groups in total. The van der Waals surface area contributed by atoms with E-state index in [0.29, 0.717) is 23.4 Å². The highest BCUT2D eigenvalue weighted by atomic mass is 35.5. The van der Waals surface area contributed by atoms with Gasteiger partial charge in [-0.3, -0.25) is 4.90 Å². The van der Waals surface area contributed by atoms with Gasteiger partial charge in [0.05, 0.1) is 16.8 Å². The summed E-state index contributed by atoms with van der Waals surface area (Å²) in [6, 6.07) is 28.2. The van der Waals surface area contributed by atoms with Crippen molar-refractivity contribution in [2.75, 3.05) is 13.1 Å². The predicted molar refractivity (Wildman–Crippen MR) is 135 cm³/mol. The highest BCUT2D eigenvalue weighted by Crippen LogP contribution is 2.34. The van der Waals surface area contributed by atoms with Crippen LogP contribution >= 0.6 is 12.4 Å². The van der Waals surface area contributed by atoms with Gasteiger partial charge in [-0.05, 0) is 43.5 Å². The molecule has 5 rings (SSSR count). The van der Waals surface area contributed by atoms with Gasteiger partial charge >= 0.3 is 5.97 Å². The Morgan fingerprint density at radius 3 is 2.15 bits per heavy atom. The Morgan fingerprint density at radius 2 is 1.48 bits per heavy atom. The lowest BCUT2D eigenvalue weighted by atomic mass is 9.89. The Bertz CT molecular complexity index is 1240. The first kappa shape index (κ1) is 23.0. The van der Waals surface area contributed by atoms with E-state index in [2.05, 4.69) is 35.2 Å². The van der Waals surface area contributed by atoms with Crippen molar-refractivity contribution < 1.29 is 9.90 Å². The number of rotatable bonds is 5. The zero-order chi connectivity index (χ0) is 21.9. The van der Waals surface area contributed by atoms with Gasteiger partial charge < -0.3 is 5.11 Å². The lowest BCUT2D eigenvalue weighted by Crippen LogP contribution is -2.33. The smallest absolute Gasteiger partial charge is 0.336 e. The summed E-state index contributed by atoms with van der Waals surface area (Å²) in [5, 5.41) is 10.9. The number of aromatic nitrogens is 1. The van der Waals surface area contributed by atoms with Crippen LogP contribution in [0.4, 0.5) is 0 Å². The molecule has 0 unspecified atom stereocenters. The molecule has 5 heteroatoms. The molecule has 33 heavy (non-hydrogen) atoms. The topological polar surface area (TPSA) is 53.4 Å². The maximum Gasteiger partial charge on any atom is 0.336 e. The fourth-order valence-electron chi connectivity index (χ4n) is 4.86. The van der Waals surface area contributed by atoms with Crippen LogP contribution in [0.2, 0.25) is 0 Å². The molecule has 4 aromatic rings. The third kappa shape index (κ3) is 4.77. The third-order valence-corrected chi connectivity index (χ3v) is 6.49. The minimum Gasteiger partial charge on any atom is -0.478 e. The first-order chi connectivity index (χ1) is 15.7. The van der Waals surface area contributed by atoms with E-state index in [1.54, 1.807) is 0 Å². The quantitative estimate of drug-likeness (QED) is 0.376. The van der Waals surface area contributed by atoms with Gasteiger partial charge in [0.2, 0.25) is 0 Å². The maximum atomic E-state index is 12.5. The van der Waals surface area contributed by atoms with E-state index in [1.165, 1.54) is 5.56 Å². The van der Waals surface area contributed by atoms with E-state index < -0.39 is 5.97 Å². The molecule has 1 aliphatic heterocycles. The Kier molecular flexibility index (Phi) is 7.07. The molecule has 1 aliphatic rings. The third-order valence-electron chi connectivity index (χ3n) is 6.49. The summed E-state index contributed by atoms with van der Waals surface area (Å²) in [5.41, 5.74) is 5.02. The second kappa shape index (κ2) is 10.2. The summed E-state index contributed by atoms with van der Waals surface area (Å²) in [6.45, 7) is 2.48. The molecule has 3 aromatic carbocycles. The largest absolute Gasteiger partial charge is 0.478 e. The number of carbonyl (C=O) groups is 1. The van der Waals surface area contributed by atoms with Gasteiger partial charge in [-0.2, -0.15) is 0 Å². The average Bonchev–Trinajstić information content (AvgIpc) is 2.85. The Balaban J connectivity index is 0.00000259. The van der Waals surface area contributed by atoms with Crippen molar-refractivity contribution in [1.82, 2.24) is 9.88 Å². The lowest BCUT2D eigenvalue weighted by molar-refractivity contribution is 0.0696. The van der Waals surface area contributed by atoms with E-state index in [-0.39, 0.29) is 12.4 Å². The number of carboxylic acid groups (broad SMARTS) is 1. The fourth-order valence-corrected chi connectivity index (χ4v) is 4.86. The van der Waals surface area contributed by atoms with Gasteiger partial charge in [0.15, 0.2) is 0 Å².